The van der Waals surface area contributed by atoms with Gasteiger partial charge in [-0.15, -0.1) is 0 Å². The van der Waals surface area contributed by atoms with Gasteiger partial charge < -0.3 is 15.0 Å². The Hall–Kier alpha value is -2.34. The molecule has 0 radical (unpaired) electrons. The van der Waals surface area contributed by atoms with E-state index in [0.717, 1.165) is 11.3 Å². The number of rotatable bonds is 5. The highest BCUT2D eigenvalue weighted by atomic mass is 16.6. The largest absolute Gasteiger partial charge is 0.490 e. The summed E-state index contributed by atoms with van der Waals surface area (Å²) in [5.41, 5.74) is 7.41. The van der Waals surface area contributed by atoms with Gasteiger partial charge in [0.2, 0.25) is 0 Å². The molecule has 0 bridgehead atoms. The molecule has 100 valence electrons. The summed E-state index contributed by atoms with van der Waals surface area (Å²) in [6.45, 7) is 0.982. The molecule has 0 saturated carbocycles. The first-order valence-electron chi connectivity index (χ1n) is 5.81. The van der Waals surface area contributed by atoms with Crippen LogP contribution in [0.2, 0.25) is 0 Å². The lowest BCUT2D eigenvalue weighted by atomic mass is 10.2. The Morgan fingerprint density at radius 1 is 1.42 bits per heavy atom. The highest BCUT2D eigenvalue weighted by molar-refractivity contribution is 5.48. The minimum absolute atomic E-state index is 0.0264. The van der Waals surface area contributed by atoms with Gasteiger partial charge in [0.1, 0.15) is 0 Å². The van der Waals surface area contributed by atoms with Gasteiger partial charge in [0.25, 0.3) is 0 Å². The number of ether oxygens (including phenoxy) is 1. The molecule has 2 rings (SSSR count). The van der Waals surface area contributed by atoms with Crippen molar-refractivity contribution in [2.45, 2.75) is 13.1 Å². The number of nitro groups is 1. The maximum Gasteiger partial charge on any atom is 0.311 e. The zero-order valence-corrected chi connectivity index (χ0v) is 10.6. The van der Waals surface area contributed by atoms with Crippen molar-refractivity contribution in [2.24, 2.45) is 5.73 Å². The average molecular weight is 261 g/mol. The Kier molecular flexibility index (Phi) is 3.82. The smallest absolute Gasteiger partial charge is 0.311 e. The van der Waals surface area contributed by atoms with Gasteiger partial charge in [-0.1, -0.05) is 6.07 Å². The van der Waals surface area contributed by atoms with Crippen LogP contribution < -0.4 is 10.5 Å². The van der Waals surface area contributed by atoms with E-state index in [2.05, 4.69) is 0 Å². The summed E-state index contributed by atoms with van der Waals surface area (Å²) in [7, 11) is 1.42. The van der Waals surface area contributed by atoms with Crippen molar-refractivity contribution in [2.75, 3.05) is 7.11 Å². The van der Waals surface area contributed by atoms with Gasteiger partial charge in [-0.2, -0.15) is 0 Å². The van der Waals surface area contributed by atoms with Crippen molar-refractivity contribution in [3.63, 3.8) is 0 Å². The van der Waals surface area contributed by atoms with Crippen LogP contribution in [-0.2, 0) is 13.1 Å². The SMILES string of the molecule is COc1ccc(Cn2cccc2CN)cc1[N+](=O)[O-]. The molecule has 6 nitrogen and oxygen atoms in total. The van der Waals surface area contributed by atoms with E-state index in [9.17, 15) is 10.1 Å². The van der Waals surface area contributed by atoms with Crippen LogP contribution in [-0.4, -0.2) is 16.6 Å². The van der Waals surface area contributed by atoms with E-state index in [0.29, 0.717) is 13.1 Å². The summed E-state index contributed by atoms with van der Waals surface area (Å²) in [6.07, 6.45) is 1.90. The van der Waals surface area contributed by atoms with Crippen LogP contribution in [0.5, 0.6) is 5.75 Å². The summed E-state index contributed by atoms with van der Waals surface area (Å²) in [6, 6.07) is 8.78. The van der Waals surface area contributed by atoms with Gasteiger partial charge >= 0.3 is 5.69 Å². The van der Waals surface area contributed by atoms with Crippen LogP contribution in [0.3, 0.4) is 0 Å². The number of benzene rings is 1. The molecule has 1 aromatic carbocycles. The van der Waals surface area contributed by atoms with Gasteiger partial charge in [0.15, 0.2) is 5.75 Å². The van der Waals surface area contributed by atoms with Crippen LogP contribution in [0.1, 0.15) is 11.3 Å². The summed E-state index contributed by atoms with van der Waals surface area (Å²) in [5.74, 6) is 0.264. The fourth-order valence-electron chi connectivity index (χ4n) is 1.96. The van der Waals surface area contributed by atoms with Crippen LogP contribution in [0.25, 0.3) is 0 Å². The molecule has 0 aliphatic carbocycles. The van der Waals surface area contributed by atoms with Gasteiger partial charge in [-0.05, 0) is 23.8 Å². The Morgan fingerprint density at radius 2 is 2.21 bits per heavy atom. The molecule has 0 unspecified atom stereocenters. The van der Waals surface area contributed by atoms with Crippen molar-refractivity contribution in [3.05, 3.63) is 57.9 Å². The third-order valence-electron chi connectivity index (χ3n) is 2.93. The molecule has 0 amide bonds. The molecular weight excluding hydrogens is 246 g/mol. The lowest BCUT2D eigenvalue weighted by molar-refractivity contribution is -0.385. The number of hydrogen-bond donors (Lipinski definition) is 1. The molecule has 0 aliphatic heterocycles. The van der Waals surface area contributed by atoms with E-state index in [1.165, 1.54) is 13.2 Å². The number of methoxy groups -OCH3 is 1. The van der Waals surface area contributed by atoms with Crippen LogP contribution in [0.15, 0.2) is 36.5 Å². The molecule has 0 saturated heterocycles. The average Bonchev–Trinajstić information content (AvgIpc) is 2.85. The van der Waals surface area contributed by atoms with E-state index in [1.54, 1.807) is 6.07 Å². The van der Waals surface area contributed by atoms with Crippen LogP contribution in [0, 0.1) is 10.1 Å². The Labute approximate surface area is 110 Å². The van der Waals surface area contributed by atoms with Crippen molar-refractivity contribution in [1.29, 1.82) is 0 Å². The molecule has 1 heterocycles. The molecule has 0 spiro atoms. The monoisotopic (exact) mass is 261 g/mol. The first kappa shape index (κ1) is 13.1. The summed E-state index contributed by atoms with van der Waals surface area (Å²) in [4.78, 5) is 10.5. The number of hydrogen-bond acceptors (Lipinski definition) is 4. The summed E-state index contributed by atoms with van der Waals surface area (Å²) < 4.78 is 6.94. The first-order valence-corrected chi connectivity index (χ1v) is 5.81. The summed E-state index contributed by atoms with van der Waals surface area (Å²) in [5, 5.41) is 11.0. The highest BCUT2D eigenvalue weighted by Crippen LogP contribution is 2.27. The zero-order valence-electron chi connectivity index (χ0n) is 10.6. The van der Waals surface area contributed by atoms with Gasteiger partial charge in [0.05, 0.1) is 12.0 Å². The maximum atomic E-state index is 11.0. The molecule has 0 fully saturated rings. The topological polar surface area (TPSA) is 83.3 Å². The van der Waals surface area contributed by atoms with E-state index in [-0.39, 0.29) is 11.4 Å². The minimum Gasteiger partial charge on any atom is -0.490 e. The lowest BCUT2D eigenvalue weighted by Crippen LogP contribution is -2.07. The quantitative estimate of drug-likeness (QED) is 0.658. The maximum absolute atomic E-state index is 11.0. The van der Waals surface area contributed by atoms with Crippen LogP contribution in [0.4, 0.5) is 5.69 Å². The third kappa shape index (κ3) is 2.74. The predicted octanol–water partition coefficient (Wildman–Crippen LogP) is 1.91. The van der Waals surface area contributed by atoms with E-state index >= 15 is 0 Å². The van der Waals surface area contributed by atoms with Crippen LogP contribution >= 0.6 is 0 Å². The highest BCUT2D eigenvalue weighted by Gasteiger charge is 2.15. The predicted molar refractivity (Wildman–Crippen MR) is 71.1 cm³/mol. The van der Waals surface area contributed by atoms with Crippen molar-refractivity contribution in [3.8, 4) is 5.75 Å². The van der Waals surface area contributed by atoms with E-state index < -0.39 is 4.92 Å². The molecule has 0 aliphatic rings. The molecule has 1 aromatic heterocycles. The second-order valence-corrected chi connectivity index (χ2v) is 4.09. The number of aromatic nitrogens is 1. The zero-order chi connectivity index (χ0) is 13.8. The van der Waals surface area contributed by atoms with Crippen molar-refractivity contribution < 1.29 is 9.66 Å². The van der Waals surface area contributed by atoms with Gasteiger partial charge in [-0.25, -0.2) is 0 Å². The first-order chi connectivity index (χ1) is 9.15. The van der Waals surface area contributed by atoms with E-state index in [1.807, 2.05) is 29.0 Å². The second-order valence-electron chi connectivity index (χ2n) is 4.09. The lowest BCUT2D eigenvalue weighted by Gasteiger charge is -2.09. The molecule has 0 atom stereocenters. The number of nitrogens with two attached hydrogens (primary N) is 1. The fourth-order valence-corrected chi connectivity index (χ4v) is 1.96. The minimum atomic E-state index is -0.443. The number of nitrogens with zero attached hydrogens (tertiary/aromatic N) is 2. The Morgan fingerprint density at radius 3 is 2.84 bits per heavy atom. The third-order valence-corrected chi connectivity index (χ3v) is 2.93. The molecular formula is C13H15N3O3. The second kappa shape index (κ2) is 5.53. The molecule has 2 aromatic rings. The Balaban J connectivity index is 2.31. The van der Waals surface area contributed by atoms with Gasteiger partial charge in [0, 0.05) is 31.0 Å². The standard InChI is InChI=1S/C13H15N3O3/c1-19-13-5-4-10(7-12(13)16(17)18)9-15-6-2-3-11(15)8-14/h2-7H,8-9,14H2,1H3. The Bertz CT molecular complexity index is 593. The fraction of sp³-hybridized carbons (Fsp3) is 0.231. The van der Waals surface area contributed by atoms with Crippen molar-refractivity contribution >= 4 is 5.69 Å². The van der Waals surface area contributed by atoms with Gasteiger partial charge in [-0.3, -0.25) is 10.1 Å². The summed E-state index contributed by atoms with van der Waals surface area (Å²) >= 11 is 0. The normalized spacial score (nSPS) is 10.4. The number of nitro benzene ring substituents is 1. The van der Waals surface area contributed by atoms with E-state index in [4.69, 9.17) is 10.5 Å². The molecule has 6 heteroatoms. The molecule has 19 heavy (non-hydrogen) atoms. The molecule has 2 N–H and O–H groups in total. The van der Waals surface area contributed by atoms with Crippen molar-refractivity contribution in [1.82, 2.24) is 4.57 Å².